The molecule has 1 fully saturated rings. The second kappa shape index (κ2) is 5.72. The van der Waals surface area contributed by atoms with Crippen molar-refractivity contribution in [3.63, 3.8) is 0 Å². The molecule has 1 aliphatic carbocycles. The van der Waals surface area contributed by atoms with Crippen LogP contribution in [0, 0.1) is 11.3 Å². The molecular formula is C13H18Br2O. The quantitative estimate of drug-likeness (QED) is 0.696. The molecule has 0 unspecified atom stereocenters. The number of alkyl halides is 2. The molecule has 0 amide bonds. The van der Waals surface area contributed by atoms with Crippen molar-refractivity contribution in [1.82, 2.24) is 0 Å². The van der Waals surface area contributed by atoms with E-state index in [1.165, 1.54) is 31.2 Å². The van der Waals surface area contributed by atoms with Gasteiger partial charge in [0, 0.05) is 10.7 Å². The lowest BCUT2D eigenvalue weighted by molar-refractivity contribution is 0.232. The van der Waals surface area contributed by atoms with Gasteiger partial charge in [0.15, 0.2) is 0 Å². The zero-order valence-electron chi connectivity index (χ0n) is 9.42. The summed E-state index contributed by atoms with van der Waals surface area (Å²) in [5.74, 6) is 0.848. The van der Waals surface area contributed by atoms with Crippen LogP contribution in [0.15, 0.2) is 23.0 Å². The van der Waals surface area contributed by atoms with Gasteiger partial charge in [-0.05, 0) is 42.2 Å². The Morgan fingerprint density at radius 2 is 1.94 bits per heavy atom. The number of halogens is 2. The molecule has 1 aliphatic rings. The van der Waals surface area contributed by atoms with Crippen LogP contribution in [0.5, 0.6) is 0 Å². The third kappa shape index (κ3) is 2.56. The Labute approximate surface area is 114 Å². The van der Waals surface area contributed by atoms with Gasteiger partial charge < -0.3 is 4.42 Å². The summed E-state index contributed by atoms with van der Waals surface area (Å²) in [6.45, 7) is 0. The lowest BCUT2D eigenvalue weighted by atomic mass is 9.74. The van der Waals surface area contributed by atoms with Crippen LogP contribution < -0.4 is 0 Å². The van der Waals surface area contributed by atoms with E-state index in [0.29, 0.717) is 5.41 Å². The average Bonchev–Trinajstić information content (AvgIpc) is 2.99. The van der Waals surface area contributed by atoms with E-state index in [0.717, 1.165) is 23.0 Å². The maximum absolute atomic E-state index is 5.18. The summed E-state index contributed by atoms with van der Waals surface area (Å²) in [5, 5.41) is 2.14. The Kier molecular flexibility index (Phi) is 4.54. The molecule has 1 aromatic rings. The molecule has 0 bridgehead atoms. The third-order valence-corrected chi connectivity index (χ3v) is 6.12. The topological polar surface area (TPSA) is 13.1 Å². The summed E-state index contributed by atoms with van der Waals surface area (Å²) in [6, 6.07) is 2.09. The molecule has 0 aliphatic heterocycles. The molecule has 1 heterocycles. The zero-order valence-corrected chi connectivity index (χ0v) is 12.6. The van der Waals surface area contributed by atoms with E-state index >= 15 is 0 Å². The first kappa shape index (κ1) is 12.7. The number of hydrogen-bond acceptors (Lipinski definition) is 1. The minimum absolute atomic E-state index is 0.361. The van der Waals surface area contributed by atoms with Crippen LogP contribution in [0.3, 0.4) is 0 Å². The largest absolute Gasteiger partial charge is 0.472 e. The average molecular weight is 350 g/mol. The summed E-state index contributed by atoms with van der Waals surface area (Å²) in [6.07, 6.45) is 10.3. The molecule has 0 radical (unpaired) electrons. The number of hydrogen-bond donors (Lipinski definition) is 0. The highest BCUT2D eigenvalue weighted by Crippen LogP contribution is 2.44. The summed E-state index contributed by atoms with van der Waals surface area (Å²) in [4.78, 5) is 0. The molecule has 2 rings (SSSR count). The molecule has 90 valence electrons. The van der Waals surface area contributed by atoms with Crippen LogP contribution in [0.25, 0.3) is 0 Å². The highest BCUT2D eigenvalue weighted by Gasteiger charge is 2.38. The van der Waals surface area contributed by atoms with Gasteiger partial charge in [0.25, 0.3) is 0 Å². The van der Waals surface area contributed by atoms with Crippen molar-refractivity contribution >= 4 is 31.9 Å². The second-order valence-electron chi connectivity index (χ2n) is 4.92. The minimum atomic E-state index is 0.361. The van der Waals surface area contributed by atoms with Crippen molar-refractivity contribution in [1.29, 1.82) is 0 Å². The van der Waals surface area contributed by atoms with Gasteiger partial charge in [0.2, 0.25) is 0 Å². The summed E-state index contributed by atoms with van der Waals surface area (Å²) in [7, 11) is 0. The predicted molar refractivity (Wildman–Crippen MR) is 74.4 cm³/mol. The zero-order chi connectivity index (χ0) is 11.4. The van der Waals surface area contributed by atoms with E-state index in [4.69, 9.17) is 4.42 Å². The monoisotopic (exact) mass is 348 g/mol. The van der Waals surface area contributed by atoms with E-state index in [1.54, 1.807) is 6.26 Å². The van der Waals surface area contributed by atoms with E-state index in [2.05, 4.69) is 37.9 Å². The standard InChI is InChI=1S/C13H18Br2O/c14-9-13(10-15,12-3-1-2-4-12)7-11-5-6-16-8-11/h5-6,8,12H,1-4,7,9-10H2. The summed E-state index contributed by atoms with van der Waals surface area (Å²) < 4.78 is 5.18. The van der Waals surface area contributed by atoms with E-state index in [-0.39, 0.29) is 0 Å². The molecule has 1 aromatic heterocycles. The van der Waals surface area contributed by atoms with Gasteiger partial charge in [0.05, 0.1) is 12.5 Å². The van der Waals surface area contributed by atoms with Gasteiger partial charge in [-0.25, -0.2) is 0 Å². The van der Waals surface area contributed by atoms with Gasteiger partial charge in [-0.3, -0.25) is 0 Å². The van der Waals surface area contributed by atoms with Crippen LogP contribution in [0.1, 0.15) is 31.2 Å². The van der Waals surface area contributed by atoms with Gasteiger partial charge >= 0.3 is 0 Å². The van der Waals surface area contributed by atoms with Gasteiger partial charge in [-0.2, -0.15) is 0 Å². The third-order valence-electron chi connectivity index (χ3n) is 3.89. The van der Waals surface area contributed by atoms with Crippen LogP contribution in [0.4, 0.5) is 0 Å². The normalized spacial score (nSPS) is 18.1. The molecule has 1 nitrogen and oxygen atoms in total. The first-order valence-corrected chi connectivity index (χ1v) is 8.18. The fourth-order valence-electron chi connectivity index (χ4n) is 2.83. The maximum atomic E-state index is 5.18. The SMILES string of the molecule is BrCC(CBr)(Cc1ccoc1)C1CCCC1. The van der Waals surface area contributed by atoms with Crippen molar-refractivity contribution in [3.8, 4) is 0 Å². The second-order valence-corrected chi connectivity index (χ2v) is 6.04. The highest BCUT2D eigenvalue weighted by atomic mass is 79.9. The van der Waals surface area contributed by atoms with Crippen molar-refractivity contribution in [3.05, 3.63) is 24.2 Å². The van der Waals surface area contributed by atoms with Crippen LogP contribution in [-0.4, -0.2) is 10.7 Å². The van der Waals surface area contributed by atoms with Crippen LogP contribution in [0.2, 0.25) is 0 Å². The van der Waals surface area contributed by atoms with Gasteiger partial charge in [-0.1, -0.05) is 44.7 Å². The molecule has 0 spiro atoms. The Hall–Kier alpha value is 0.240. The van der Waals surface area contributed by atoms with E-state index < -0.39 is 0 Å². The fraction of sp³-hybridized carbons (Fsp3) is 0.692. The Morgan fingerprint density at radius 3 is 2.44 bits per heavy atom. The molecule has 0 N–H and O–H groups in total. The first-order chi connectivity index (χ1) is 7.80. The number of furan rings is 1. The molecule has 0 saturated heterocycles. The Morgan fingerprint density at radius 1 is 1.25 bits per heavy atom. The van der Waals surface area contributed by atoms with Crippen molar-refractivity contribution < 1.29 is 4.42 Å². The maximum Gasteiger partial charge on any atom is 0.0934 e. The molecule has 0 atom stereocenters. The molecule has 1 saturated carbocycles. The lowest BCUT2D eigenvalue weighted by Crippen LogP contribution is -2.35. The van der Waals surface area contributed by atoms with Crippen LogP contribution in [-0.2, 0) is 6.42 Å². The Bertz CT molecular complexity index is 298. The minimum Gasteiger partial charge on any atom is -0.472 e. The predicted octanol–water partition coefficient (Wildman–Crippen LogP) is 4.79. The highest BCUT2D eigenvalue weighted by molar-refractivity contribution is 9.09. The molecule has 16 heavy (non-hydrogen) atoms. The van der Waals surface area contributed by atoms with Crippen molar-refractivity contribution in [2.75, 3.05) is 10.7 Å². The summed E-state index contributed by atoms with van der Waals surface area (Å²) >= 11 is 7.46. The molecular weight excluding hydrogens is 332 g/mol. The van der Waals surface area contributed by atoms with Crippen molar-refractivity contribution in [2.24, 2.45) is 11.3 Å². The Balaban J connectivity index is 2.13. The van der Waals surface area contributed by atoms with E-state index in [9.17, 15) is 0 Å². The van der Waals surface area contributed by atoms with Gasteiger partial charge in [-0.15, -0.1) is 0 Å². The summed E-state index contributed by atoms with van der Waals surface area (Å²) in [5.41, 5.74) is 1.69. The molecule has 0 aromatic carbocycles. The molecule has 3 heteroatoms. The van der Waals surface area contributed by atoms with Crippen LogP contribution >= 0.6 is 31.9 Å². The van der Waals surface area contributed by atoms with Gasteiger partial charge in [0.1, 0.15) is 0 Å². The number of rotatable bonds is 5. The lowest BCUT2D eigenvalue weighted by Gasteiger charge is -2.36. The first-order valence-electron chi connectivity index (χ1n) is 5.94. The van der Waals surface area contributed by atoms with Crippen molar-refractivity contribution in [2.45, 2.75) is 32.1 Å². The van der Waals surface area contributed by atoms with E-state index in [1.807, 2.05) is 6.26 Å². The fourth-order valence-corrected chi connectivity index (χ4v) is 5.07. The smallest absolute Gasteiger partial charge is 0.0934 e.